The molecule has 2 N–H and O–H groups in total. The molecule has 1 aliphatic heterocycles. The highest BCUT2D eigenvalue weighted by atomic mass is 16.2. The van der Waals surface area contributed by atoms with Gasteiger partial charge in [0.05, 0.1) is 5.36 Å². The molecule has 25 heavy (non-hydrogen) atoms. The van der Waals surface area contributed by atoms with Crippen LogP contribution in [0.2, 0.25) is 0 Å². The van der Waals surface area contributed by atoms with Gasteiger partial charge in [0, 0.05) is 16.8 Å². The van der Waals surface area contributed by atoms with Gasteiger partial charge in [-0.2, -0.15) is 0 Å². The lowest BCUT2D eigenvalue weighted by atomic mass is 10.1. The summed E-state index contributed by atoms with van der Waals surface area (Å²) < 4.78 is 0. The average Bonchev–Trinajstić information content (AvgIpc) is 2.62. The molecule has 0 atom stereocenters. The van der Waals surface area contributed by atoms with Gasteiger partial charge >= 0.3 is 11.8 Å². The molecule has 0 radical (unpaired) electrons. The van der Waals surface area contributed by atoms with E-state index in [0.29, 0.717) is 11.0 Å². The van der Waals surface area contributed by atoms with Crippen LogP contribution < -0.4 is 21.3 Å². The van der Waals surface area contributed by atoms with Gasteiger partial charge in [-0.15, -0.1) is 5.10 Å². The summed E-state index contributed by atoms with van der Waals surface area (Å²) in [6.07, 6.45) is 1.56. The summed E-state index contributed by atoms with van der Waals surface area (Å²) in [7, 11) is 0. The minimum atomic E-state index is -0.974. The summed E-state index contributed by atoms with van der Waals surface area (Å²) in [4.78, 5) is 39.1. The van der Waals surface area contributed by atoms with Crippen molar-refractivity contribution in [3.8, 4) is 0 Å². The third kappa shape index (κ3) is 3.93. The Kier molecular flexibility index (Phi) is 4.60. The van der Waals surface area contributed by atoms with Gasteiger partial charge in [0.25, 0.3) is 5.91 Å². The molecular weight excluding hydrogens is 320 g/mol. The fraction of sp³-hybridized carbons (Fsp3) is 0. The maximum absolute atomic E-state index is 11.9. The SMILES string of the molecule is O=C1N=c2ccccc2=CC1=C=NNC(=O)C(=O)Nc1ccccc1. The van der Waals surface area contributed by atoms with Crippen molar-refractivity contribution in [3.05, 3.63) is 70.7 Å². The first-order chi connectivity index (χ1) is 12.1. The molecule has 3 amide bonds. The van der Waals surface area contributed by atoms with E-state index in [1.807, 2.05) is 11.5 Å². The highest BCUT2D eigenvalue weighted by Crippen LogP contribution is 2.04. The summed E-state index contributed by atoms with van der Waals surface area (Å²) in [6, 6.07) is 15.6. The molecule has 0 fully saturated rings. The van der Waals surface area contributed by atoms with Crippen LogP contribution in [0.3, 0.4) is 0 Å². The predicted molar refractivity (Wildman–Crippen MR) is 90.9 cm³/mol. The number of fused-ring (bicyclic) bond motifs is 1. The second kappa shape index (κ2) is 7.16. The van der Waals surface area contributed by atoms with Crippen LogP contribution in [0.15, 0.2) is 70.3 Å². The summed E-state index contributed by atoms with van der Waals surface area (Å²) >= 11 is 0. The van der Waals surface area contributed by atoms with Gasteiger partial charge in [0.1, 0.15) is 5.57 Å². The Balaban J connectivity index is 1.71. The minimum absolute atomic E-state index is 0.0856. The normalized spacial score (nSPS) is 12.0. The lowest BCUT2D eigenvalue weighted by Gasteiger charge is -2.02. The number of rotatable bonds is 2. The van der Waals surface area contributed by atoms with Crippen molar-refractivity contribution in [1.82, 2.24) is 5.43 Å². The molecule has 0 saturated heterocycles. The number of amides is 3. The number of hydrogen-bond acceptors (Lipinski definition) is 4. The first kappa shape index (κ1) is 16.0. The number of nitrogens with one attached hydrogen (secondary N) is 2. The summed E-state index contributed by atoms with van der Waals surface area (Å²) in [5, 5.41) is 7.24. The molecule has 7 heteroatoms. The Morgan fingerprint density at radius 1 is 0.960 bits per heavy atom. The topological polar surface area (TPSA) is 100.0 Å². The van der Waals surface area contributed by atoms with E-state index in [-0.39, 0.29) is 5.57 Å². The third-order valence-corrected chi connectivity index (χ3v) is 3.26. The summed E-state index contributed by atoms with van der Waals surface area (Å²) in [6.45, 7) is 0. The number of benzene rings is 2. The Bertz CT molecular complexity index is 1040. The zero-order valence-electron chi connectivity index (χ0n) is 12.9. The average molecular weight is 332 g/mol. The Morgan fingerprint density at radius 2 is 1.68 bits per heavy atom. The lowest BCUT2D eigenvalue weighted by Crippen LogP contribution is -2.32. The molecule has 0 spiro atoms. The van der Waals surface area contributed by atoms with Crippen LogP contribution in [-0.2, 0) is 14.4 Å². The van der Waals surface area contributed by atoms with Crippen molar-refractivity contribution >= 4 is 35.4 Å². The van der Waals surface area contributed by atoms with E-state index in [1.54, 1.807) is 54.6 Å². The van der Waals surface area contributed by atoms with Gasteiger partial charge in [0.2, 0.25) is 0 Å². The number of para-hydroxylation sites is 2. The molecule has 2 aromatic rings. The van der Waals surface area contributed by atoms with Crippen molar-refractivity contribution in [1.29, 1.82) is 0 Å². The third-order valence-electron chi connectivity index (χ3n) is 3.26. The number of hydrazone groups is 1. The highest BCUT2D eigenvalue weighted by molar-refractivity contribution is 6.39. The second-order valence-corrected chi connectivity index (χ2v) is 5.02. The van der Waals surface area contributed by atoms with Crippen molar-refractivity contribution in [2.75, 3.05) is 5.32 Å². The Hall–Kier alpha value is -3.83. The van der Waals surface area contributed by atoms with Crippen molar-refractivity contribution in [2.24, 2.45) is 10.1 Å². The number of nitrogens with zero attached hydrogens (tertiary/aromatic N) is 2. The fourth-order valence-corrected chi connectivity index (χ4v) is 2.08. The van der Waals surface area contributed by atoms with E-state index >= 15 is 0 Å². The minimum Gasteiger partial charge on any atom is -0.318 e. The number of carbonyl (C=O) groups excluding carboxylic acids is 3. The molecule has 122 valence electrons. The monoisotopic (exact) mass is 332 g/mol. The summed E-state index contributed by atoms with van der Waals surface area (Å²) in [5.74, 6) is 0.0166. The number of carbonyl (C=O) groups is 3. The van der Waals surface area contributed by atoms with Crippen molar-refractivity contribution < 1.29 is 14.4 Å². The molecule has 3 rings (SSSR count). The van der Waals surface area contributed by atoms with Crippen LogP contribution in [0.25, 0.3) is 6.08 Å². The van der Waals surface area contributed by atoms with Gasteiger partial charge in [0.15, 0.2) is 0 Å². The largest absolute Gasteiger partial charge is 0.330 e. The highest BCUT2D eigenvalue weighted by Gasteiger charge is 2.13. The van der Waals surface area contributed by atoms with E-state index in [1.165, 1.54) is 0 Å². The summed E-state index contributed by atoms with van der Waals surface area (Å²) in [5.41, 5.74) is 2.59. The van der Waals surface area contributed by atoms with E-state index in [2.05, 4.69) is 21.3 Å². The van der Waals surface area contributed by atoms with Crippen LogP contribution in [0, 0.1) is 0 Å². The van der Waals surface area contributed by atoms with Crippen LogP contribution in [0.4, 0.5) is 5.69 Å². The molecule has 0 bridgehead atoms. The molecule has 2 aromatic carbocycles. The first-order valence-electron chi connectivity index (χ1n) is 7.32. The van der Waals surface area contributed by atoms with Crippen LogP contribution in [-0.4, -0.2) is 23.6 Å². The molecule has 1 aliphatic rings. The smallest absolute Gasteiger partial charge is 0.318 e. The molecule has 0 aliphatic carbocycles. The zero-order chi connectivity index (χ0) is 17.6. The molecule has 0 unspecified atom stereocenters. The number of anilines is 1. The first-order valence-corrected chi connectivity index (χ1v) is 7.32. The van der Waals surface area contributed by atoms with Crippen LogP contribution in [0.1, 0.15) is 0 Å². The maximum Gasteiger partial charge on any atom is 0.330 e. The van der Waals surface area contributed by atoms with Gasteiger partial charge in [-0.05, 0) is 24.3 Å². The van der Waals surface area contributed by atoms with E-state index in [4.69, 9.17) is 0 Å². The van der Waals surface area contributed by atoms with Crippen molar-refractivity contribution in [3.63, 3.8) is 0 Å². The van der Waals surface area contributed by atoms with Crippen molar-refractivity contribution in [2.45, 2.75) is 0 Å². The standard InChI is InChI=1S/C18H12N4O3/c23-16-13(10-12-6-4-5-9-15(12)21-16)11-19-22-18(25)17(24)20-14-7-2-1-3-8-14/h1-10H,(H,20,24)(H,22,25). The maximum atomic E-state index is 11.9. The molecule has 7 nitrogen and oxygen atoms in total. The Labute approximate surface area is 142 Å². The van der Waals surface area contributed by atoms with Crippen LogP contribution in [0.5, 0.6) is 0 Å². The quantitative estimate of drug-likeness (QED) is 0.347. The predicted octanol–water partition coefficient (Wildman–Crippen LogP) is -0.107. The van der Waals surface area contributed by atoms with Gasteiger partial charge in [-0.1, -0.05) is 36.4 Å². The Morgan fingerprint density at radius 3 is 2.48 bits per heavy atom. The zero-order valence-corrected chi connectivity index (χ0v) is 12.9. The fourth-order valence-electron chi connectivity index (χ4n) is 2.08. The van der Waals surface area contributed by atoms with Crippen LogP contribution >= 0.6 is 0 Å². The van der Waals surface area contributed by atoms with Gasteiger partial charge < -0.3 is 5.32 Å². The second-order valence-electron chi connectivity index (χ2n) is 5.02. The van der Waals surface area contributed by atoms with Gasteiger partial charge in [-0.3, -0.25) is 14.4 Å². The molecule has 0 aromatic heterocycles. The molecular formula is C18H12N4O3. The van der Waals surface area contributed by atoms with E-state index < -0.39 is 17.7 Å². The number of hydrogen-bond donors (Lipinski definition) is 2. The van der Waals surface area contributed by atoms with Gasteiger partial charge in [-0.25, -0.2) is 10.4 Å². The molecule has 1 heterocycles. The van der Waals surface area contributed by atoms with E-state index in [0.717, 1.165) is 5.22 Å². The molecule has 0 saturated carbocycles. The van der Waals surface area contributed by atoms with E-state index in [9.17, 15) is 14.4 Å². The lowest BCUT2D eigenvalue weighted by molar-refractivity contribution is -0.136.